The first kappa shape index (κ1) is 13.1. The number of hydrogen-bond donors (Lipinski definition) is 1. The van der Waals surface area contributed by atoms with Gasteiger partial charge >= 0.3 is 0 Å². The van der Waals surface area contributed by atoms with Crippen molar-refractivity contribution in [2.45, 2.75) is 12.5 Å². The van der Waals surface area contributed by atoms with E-state index in [1.165, 1.54) is 5.56 Å². The summed E-state index contributed by atoms with van der Waals surface area (Å²) in [4.78, 5) is 2.15. The van der Waals surface area contributed by atoms with E-state index in [2.05, 4.69) is 16.7 Å². The largest absolute Gasteiger partial charge is 0.492 e. The van der Waals surface area contributed by atoms with Crippen molar-refractivity contribution >= 4 is 0 Å². The lowest BCUT2D eigenvalue weighted by Crippen LogP contribution is -2.31. The number of fused-ring (bicyclic) bond motifs is 2. The lowest BCUT2D eigenvalue weighted by Gasteiger charge is -2.32. The second-order valence-electron chi connectivity index (χ2n) is 4.83. The first-order valence-corrected chi connectivity index (χ1v) is 6.55. The van der Waals surface area contributed by atoms with Gasteiger partial charge in [0.1, 0.15) is 12.6 Å². The van der Waals surface area contributed by atoms with Crippen molar-refractivity contribution < 1.29 is 19.3 Å². The quantitative estimate of drug-likeness (QED) is 0.773. The van der Waals surface area contributed by atoms with Crippen LogP contribution in [0.3, 0.4) is 0 Å². The standard InChI is InChI=1S/C15H17NO4/c1-16-6-5-10-8-12-14(20-9-19-12)15(18-2)13(10)11(16)4-3-7-17/h8,11,17H,5-7,9H2,1-2H3/t11-/m1/s1. The molecule has 0 bridgehead atoms. The molecule has 0 unspecified atom stereocenters. The Morgan fingerprint density at radius 2 is 2.35 bits per heavy atom. The highest BCUT2D eigenvalue weighted by Gasteiger charge is 2.33. The van der Waals surface area contributed by atoms with E-state index in [1.54, 1.807) is 7.11 Å². The summed E-state index contributed by atoms with van der Waals surface area (Å²) in [5.41, 5.74) is 2.19. The molecule has 0 saturated carbocycles. The predicted molar refractivity (Wildman–Crippen MR) is 73.1 cm³/mol. The molecule has 2 heterocycles. The molecule has 1 aromatic carbocycles. The summed E-state index contributed by atoms with van der Waals surface area (Å²) < 4.78 is 16.5. The van der Waals surface area contributed by atoms with E-state index >= 15 is 0 Å². The fourth-order valence-electron chi connectivity index (χ4n) is 2.76. The summed E-state index contributed by atoms with van der Waals surface area (Å²) in [5, 5.41) is 8.94. The van der Waals surface area contributed by atoms with Crippen LogP contribution in [0, 0.1) is 11.8 Å². The van der Waals surface area contributed by atoms with Gasteiger partial charge in [-0.05, 0) is 25.1 Å². The molecule has 5 heteroatoms. The topological polar surface area (TPSA) is 51.2 Å². The Morgan fingerprint density at radius 1 is 1.50 bits per heavy atom. The van der Waals surface area contributed by atoms with E-state index in [-0.39, 0.29) is 19.4 Å². The van der Waals surface area contributed by atoms with Gasteiger partial charge in [0.05, 0.1) is 7.11 Å². The summed E-state index contributed by atoms with van der Waals surface area (Å²) >= 11 is 0. The van der Waals surface area contributed by atoms with Gasteiger partial charge in [0, 0.05) is 12.1 Å². The molecule has 20 heavy (non-hydrogen) atoms. The van der Waals surface area contributed by atoms with Crippen molar-refractivity contribution in [3.05, 3.63) is 17.2 Å². The smallest absolute Gasteiger partial charge is 0.231 e. The van der Waals surface area contributed by atoms with Gasteiger partial charge in [-0.15, -0.1) is 0 Å². The Bertz CT molecular complexity index is 588. The van der Waals surface area contributed by atoms with Crippen molar-refractivity contribution in [2.75, 3.05) is 34.1 Å². The minimum Gasteiger partial charge on any atom is -0.492 e. The molecule has 3 rings (SSSR count). The van der Waals surface area contributed by atoms with E-state index < -0.39 is 0 Å². The van der Waals surface area contributed by atoms with Gasteiger partial charge in [0.2, 0.25) is 12.5 Å². The normalized spacial score (nSPS) is 20.1. The van der Waals surface area contributed by atoms with Crippen LogP contribution in [0.5, 0.6) is 17.2 Å². The zero-order chi connectivity index (χ0) is 14.1. The molecule has 0 fully saturated rings. The molecule has 5 nitrogen and oxygen atoms in total. The molecular weight excluding hydrogens is 258 g/mol. The molecule has 2 aliphatic rings. The number of rotatable bonds is 1. The fourth-order valence-corrected chi connectivity index (χ4v) is 2.76. The first-order chi connectivity index (χ1) is 9.76. The number of methoxy groups -OCH3 is 1. The number of aliphatic hydroxyl groups is 1. The number of aliphatic hydroxyl groups excluding tert-OH is 1. The molecule has 0 amide bonds. The Labute approximate surface area is 118 Å². The summed E-state index contributed by atoms with van der Waals surface area (Å²) in [5.74, 6) is 7.92. The van der Waals surface area contributed by atoms with Crippen LogP contribution in [0.15, 0.2) is 6.07 Å². The molecule has 0 radical (unpaired) electrons. The first-order valence-electron chi connectivity index (χ1n) is 6.55. The number of nitrogens with zero attached hydrogens (tertiary/aromatic N) is 1. The van der Waals surface area contributed by atoms with Crippen molar-refractivity contribution in [1.29, 1.82) is 0 Å². The van der Waals surface area contributed by atoms with Crippen LogP contribution in [0.4, 0.5) is 0 Å². The Morgan fingerprint density at radius 3 is 3.10 bits per heavy atom. The number of likely N-dealkylation sites (N-methyl/N-ethyl adjacent to an activating group) is 1. The second kappa shape index (κ2) is 5.23. The van der Waals surface area contributed by atoms with E-state index in [4.69, 9.17) is 19.3 Å². The zero-order valence-electron chi connectivity index (χ0n) is 11.6. The Balaban J connectivity index is 2.17. The molecule has 0 saturated heterocycles. The molecular formula is C15H17NO4. The molecule has 0 aromatic heterocycles. The van der Waals surface area contributed by atoms with E-state index in [0.717, 1.165) is 24.3 Å². The highest BCUT2D eigenvalue weighted by atomic mass is 16.7. The third-order valence-electron chi connectivity index (χ3n) is 3.71. The summed E-state index contributed by atoms with van der Waals surface area (Å²) in [6, 6.07) is 1.91. The number of benzene rings is 1. The van der Waals surface area contributed by atoms with Crippen molar-refractivity contribution in [1.82, 2.24) is 4.90 Å². The third kappa shape index (κ3) is 1.98. The predicted octanol–water partition coefficient (Wildman–Crippen LogP) is 0.949. The second-order valence-corrected chi connectivity index (χ2v) is 4.83. The highest BCUT2D eigenvalue weighted by molar-refractivity contribution is 5.62. The summed E-state index contributed by atoms with van der Waals surface area (Å²) in [6.45, 7) is 0.977. The fraction of sp³-hybridized carbons (Fsp3) is 0.467. The lowest BCUT2D eigenvalue weighted by atomic mass is 9.91. The van der Waals surface area contributed by atoms with Crippen LogP contribution in [0.2, 0.25) is 0 Å². The van der Waals surface area contributed by atoms with Crippen LogP contribution in [0.25, 0.3) is 0 Å². The van der Waals surface area contributed by atoms with Crippen LogP contribution < -0.4 is 14.2 Å². The van der Waals surface area contributed by atoms with Gasteiger partial charge in [-0.1, -0.05) is 11.8 Å². The van der Waals surface area contributed by atoms with Gasteiger partial charge in [0.15, 0.2) is 11.5 Å². The van der Waals surface area contributed by atoms with Gasteiger partial charge in [-0.3, -0.25) is 4.90 Å². The van der Waals surface area contributed by atoms with Crippen molar-refractivity contribution in [3.8, 4) is 29.1 Å². The van der Waals surface area contributed by atoms with Gasteiger partial charge in [0.25, 0.3) is 0 Å². The molecule has 1 aromatic rings. The Kier molecular flexibility index (Phi) is 3.43. The molecule has 106 valence electrons. The van der Waals surface area contributed by atoms with Crippen LogP contribution in [-0.4, -0.2) is 44.1 Å². The average Bonchev–Trinajstić information content (AvgIpc) is 2.92. The summed E-state index contributed by atoms with van der Waals surface area (Å²) in [6.07, 6.45) is 0.913. The maximum absolute atomic E-state index is 8.94. The number of hydrogen-bond acceptors (Lipinski definition) is 5. The van der Waals surface area contributed by atoms with Gasteiger partial charge in [-0.25, -0.2) is 0 Å². The van der Waals surface area contributed by atoms with Crippen LogP contribution in [-0.2, 0) is 6.42 Å². The molecule has 1 N–H and O–H groups in total. The minimum absolute atomic E-state index is 0.102. The highest BCUT2D eigenvalue weighted by Crippen LogP contribution is 2.49. The average molecular weight is 275 g/mol. The van der Waals surface area contributed by atoms with Crippen LogP contribution >= 0.6 is 0 Å². The SMILES string of the molecule is COc1c2c(cc3c1[C@@H](C#CCO)N(C)CC3)OCO2. The van der Waals surface area contributed by atoms with E-state index in [0.29, 0.717) is 11.5 Å². The summed E-state index contributed by atoms with van der Waals surface area (Å²) in [7, 11) is 3.65. The van der Waals surface area contributed by atoms with Gasteiger partial charge in [-0.2, -0.15) is 0 Å². The Hall–Kier alpha value is -1.90. The van der Waals surface area contributed by atoms with E-state index in [9.17, 15) is 0 Å². The third-order valence-corrected chi connectivity index (χ3v) is 3.71. The monoisotopic (exact) mass is 275 g/mol. The molecule has 1 atom stereocenters. The lowest BCUT2D eigenvalue weighted by molar-refractivity contribution is 0.171. The molecule has 0 aliphatic carbocycles. The van der Waals surface area contributed by atoms with Gasteiger partial charge < -0.3 is 19.3 Å². The minimum atomic E-state index is -0.146. The zero-order valence-corrected chi connectivity index (χ0v) is 11.6. The number of ether oxygens (including phenoxy) is 3. The van der Waals surface area contributed by atoms with Crippen molar-refractivity contribution in [2.24, 2.45) is 0 Å². The molecule has 0 spiro atoms. The maximum Gasteiger partial charge on any atom is 0.231 e. The van der Waals surface area contributed by atoms with E-state index in [1.807, 2.05) is 13.1 Å². The maximum atomic E-state index is 8.94. The van der Waals surface area contributed by atoms with Crippen molar-refractivity contribution in [3.63, 3.8) is 0 Å². The molecule has 2 aliphatic heterocycles. The van der Waals surface area contributed by atoms with Crippen LogP contribution in [0.1, 0.15) is 17.2 Å².